The first-order valence-corrected chi connectivity index (χ1v) is 6.26. The fourth-order valence-corrected chi connectivity index (χ4v) is 3.24. The van der Waals surface area contributed by atoms with Crippen molar-refractivity contribution in [2.45, 2.75) is 31.3 Å². The molecule has 2 bridgehead atoms. The summed E-state index contributed by atoms with van der Waals surface area (Å²) in [6.07, 6.45) is 3.48. The van der Waals surface area contributed by atoms with Gasteiger partial charge >= 0.3 is 0 Å². The summed E-state index contributed by atoms with van der Waals surface area (Å²) in [6.45, 7) is 0. The van der Waals surface area contributed by atoms with Crippen molar-refractivity contribution in [1.82, 2.24) is 10.3 Å². The molecule has 1 aromatic heterocycles. The van der Waals surface area contributed by atoms with Gasteiger partial charge in [-0.1, -0.05) is 18.2 Å². The van der Waals surface area contributed by atoms with Crippen LogP contribution in [0.15, 0.2) is 24.3 Å². The Morgan fingerprint density at radius 2 is 2.12 bits per heavy atom. The Morgan fingerprint density at radius 3 is 3.06 bits per heavy atom. The van der Waals surface area contributed by atoms with Crippen LogP contribution in [0.5, 0.6) is 0 Å². The van der Waals surface area contributed by atoms with Gasteiger partial charge in [0.1, 0.15) is 0 Å². The van der Waals surface area contributed by atoms with Crippen LogP contribution in [-0.2, 0) is 6.42 Å². The van der Waals surface area contributed by atoms with Gasteiger partial charge in [-0.15, -0.1) is 0 Å². The third-order valence-corrected chi connectivity index (χ3v) is 4.09. The van der Waals surface area contributed by atoms with Crippen molar-refractivity contribution in [2.24, 2.45) is 0 Å². The smallest absolute Gasteiger partial charge is 0.0726 e. The van der Waals surface area contributed by atoms with Crippen LogP contribution in [-0.4, -0.2) is 11.0 Å². The molecule has 2 atom stereocenters. The summed E-state index contributed by atoms with van der Waals surface area (Å²) >= 11 is 0. The van der Waals surface area contributed by atoms with Crippen molar-refractivity contribution in [3.63, 3.8) is 0 Å². The van der Waals surface area contributed by atoms with Gasteiger partial charge in [-0.2, -0.15) is 0 Å². The van der Waals surface area contributed by atoms with Crippen LogP contribution in [0.3, 0.4) is 0 Å². The molecule has 3 heteroatoms. The van der Waals surface area contributed by atoms with E-state index in [1.54, 1.807) is 0 Å². The Kier molecular flexibility index (Phi) is 1.77. The zero-order valence-corrected chi connectivity index (χ0v) is 9.61. The molecule has 0 amide bonds. The van der Waals surface area contributed by atoms with Crippen molar-refractivity contribution in [3.05, 3.63) is 35.5 Å². The number of nitrogens with two attached hydrogens (primary N) is 1. The number of para-hydroxylation sites is 1. The van der Waals surface area contributed by atoms with Crippen LogP contribution >= 0.6 is 0 Å². The van der Waals surface area contributed by atoms with Gasteiger partial charge in [0.25, 0.3) is 0 Å². The number of pyridine rings is 1. The Balaban J connectivity index is 2.05. The van der Waals surface area contributed by atoms with Crippen LogP contribution < -0.4 is 11.1 Å². The van der Waals surface area contributed by atoms with Gasteiger partial charge < -0.3 is 11.1 Å². The first kappa shape index (κ1) is 9.42. The van der Waals surface area contributed by atoms with E-state index in [9.17, 15) is 0 Å². The predicted molar refractivity (Wildman–Crippen MR) is 68.8 cm³/mol. The monoisotopic (exact) mass is 225 g/mol. The molecule has 2 aliphatic heterocycles. The van der Waals surface area contributed by atoms with E-state index >= 15 is 0 Å². The molecule has 2 aliphatic rings. The highest BCUT2D eigenvalue weighted by Gasteiger charge is 2.34. The van der Waals surface area contributed by atoms with Crippen molar-refractivity contribution >= 4 is 16.6 Å². The van der Waals surface area contributed by atoms with Crippen molar-refractivity contribution in [2.75, 3.05) is 5.73 Å². The van der Waals surface area contributed by atoms with E-state index in [2.05, 4.69) is 11.4 Å². The van der Waals surface area contributed by atoms with Crippen LogP contribution in [0.1, 0.15) is 30.1 Å². The van der Waals surface area contributed by atoms with Gasteiger partial charge in [-0.25, -0.2) is 0 Å². The molecule has 0 saturated carbocycles. The van der Waals surface area contributed by atoms with Crippen LogP contribution in [0.2, 0.25) is 0 Å². The highest BCUT2D eigenvalue weighted by molar-refractivity contribution is 5.92. The molecule has 1 saturated heterocycles. The number of nitrogen functional groups attached to an aromatic ring is 1. The molecule has 4 rings (SSSR count). The number of anilines is 1. The Morgan fingerprint density at radius 1 is 1.24 bits per heavy atom. The number of hydrogen-bond acceptors (Lipinski definition) is 3. The molecule has 0 aliphatic carbocycles. The summed E-state index contributed by atoms with van der Waals surface area (Å²) in [7, 11) is 0. The average molecular weight is 225 g/mol. The number of aromatic nitrogens is 1. The van der Waals surface area contributed by atoms with Gasteiger partial charge in [0.15, 0.2) is 0 Å². The minimum Gasteiger partial charge on any atom is -0.398 e. The van der Waals surface area contributed by atoms with E-state index in [1.165, 1.54) is 24.1 Å². The van der Waals surface area contributed by atoms with E-state index in [1.807, 2.05) is 18.2 Å². The summed E-state index contributed by atoms with van der Waals surface area (Å²) in [6, 6.07) is 9.21. The van der Waals surface area contributed by atoms with E-state index in [4.69, 9.17) is 10.7 Å². The van der Waals surface area contributed by atoms with Crippen LogP contribution in [0, 0.1) is 0 Å². The molecule has 2 unspecified atom stereocenters. The second kappa shape index (κ2) is 3.20. The molecule has 2 aromatic rings. The predicted octanol–water partition coefficient (Wildman–Crippen LogP) is 2.17. The molecular weight excluding hydrogens is 210 g/mol. The van der Waals surface area contributed by atoms with E-state index in [-0.39, 0.29) is 0 Å². The number of nitrogens with zero attached hydrogens (tertiary/aromatic N) is 1. The maximum atomic E-state index is 6.32. The second-order valence-corrected chi connectivity index (χ2v) is 5.10. The van der Waals surface area contributed by atoms with Crippen LogP contribution in [0.4, 0.5) is 5.69 Å². The molecule has 1 aromatic carbocycles. The fraction of sp³-hybridized carbons (Fsp3) is 0.357. The highest BCUT2D eigenvalue weighted by atomic mass is 15.0. The number of rotatable bonds is 0. The van der Waals surface area contributed by atoms with E-state index in [0.717, 1.165) is 23.0 Å². The quantitative estimate of drug-likeness (QED) is 0.722. The molecule has 0 radical (unpaired) electrons. The van der Waals surface area contributed by atoms with E-state index in [0.29, 0.717) is 12.1 Å². The molecular formula is C14H15N3. The summed E-state index contributed by atoms with van der Waals surface area (Å²) < 4.78 is 0. The average Bonchev–Trinajstić information content (AvgIpc) is 2.75. The SMILES string of the molecule is Nc1c2c(nc3ccccc13)C1CCC(C2)N1. The maximum Gasteiger partial charge on any atom is 0.0726 e. The standard InChI is InChI=1S/C14H15N3/c15-13-9-3-1-2-4-11(9)17-14-10(13)7-8-5-6-12(14)16-8/h1-4,8,12,16H,5-7H2,(H2,15,17). The van der Waals surface area contributed by atoms with Crippen molar-refractivity contribution in [1.29, 1.82) is 0 Å². The van der Waals surface area contributed by atoms with Gasteiger partial charge in [-0.05, 0) is 25.3 Å². The lowest BCUT2D eigenvalue weighted by molar-refractivity contribution is 0.507. The third kappa shape index (κ3) is 1.23. The Hall–Kier alpha value is -1.61. The molecule has 3 nitrogen and oxygen atoms in total. The summed E-state index contributed by atoms with van der Waals surface area (Å²) in [5.74, 6) is 0. The normalized spacial score (nSPS) is 26.1. The Labute approximate surface area is 100 Å². The summed E-state index contributed by atoms with van der Waals surface area (Å²) in [4.78, 5) is 4.81. The largest absolute Gasteiger partial charge is 0.398 e. The summed E-state index contributed by atoms with van der Waals surface area (Å²) in [5.41, 5.74) is 10.8. The van der Waals surface area contributed by atoms with Gasteiger partial charge in [0.2, 0.25) is 0 Å². The molecule has 3 N–H and O–H groups in total. The lowest BCUT2D eigenvalue weighted by atomic mass is 9.96. The maximum absolute atomic E-state index is 6.32. The lowest BCUT2D eigenvalue weighted by Gasteiger charge is -2.25. The molecule has 86 valence electrons. The number of hydrogen-bond donors (Lipinski definition) is 2. The fourth-order valence-electron chi connectivity index (χ4n) is 3.24. The highest BCUT2D eigenvalue weighted by Crippen LogP contribution is 2.39. The third-order valence-electron chi connectivity index (χ3n) is 4.09. The van der Waals surface area contributed by atoms with Gasteiger partial charge in [0.05, 0.1) is 17.3 Å². The zero-order chi connectivity index (χ0) is 11.4. The number of nitrogens with one attached hydrogen (secondary N) is 1. The zero-order valence-electron chi connectivity index (χ0n) is 9.61. The second-order valence-electron chi connectivity index (χ2n) is 5.10. The first-order valence-electron chi connectivity index (χ1n) is 6.26. The van der Waals surface area contributed by atoms with E-state index < -0.39 is 0 Å². The van der Waals surface area contributed by atoms with Gasteiger partial charge in [0, 0.05) is 22.7 Å². The molecule has 0 spiro atoms. The topological polar surface area (TPSA) is 50.9 Å². The number of benzene rings is 1. The van der Waals surface area contributed by atoms with Crippen molar-refractivity contribution in [3.8, 4) is 0 Å². The molecule has 17 heavy (non-hydrogen) atoms. The molecule has 3 heterocycles. The van der Waals surface area contributed by atoms with Crippen LogP contribution in [0.25, 0.3) is 10.9 Å². The molecule has 1 fully saturated rings. The van der Waals surface area contributed by atoms with Gasteiger partial charge in [-0.3, -0.25) is 4.98 Å². The first-order chi connectivity index (χ1) is 8.33. The minimum absolute atomic E-state index is 0.427. The summed E-state index contributed by atoms with van der Waals surface area (Å²) in [5, 5.41) is 4.72. The van der Waals surface area contributed by atoms with Crippen molar-refractivity contribution < 1.29 is 0 Å². The number of fused-ring (bicyclic) bond motifs is 5. The Bertz CT molecular complexity index is 606. The lowest BCUT2D eigenvalue weighted by Crippen LogP contribution is -2.33. The minimum atomic E-state index is 0.427.